The van der Waals surface area contributed by atoms with Gasteiger partial charge in [0.25, 0.3) is 0 Å². The van der Waals surface area contributed by atoms with Gasteiger partial charge in [-0.25, -0.2) is 0 Å². The van der Waals surface area contributed by atoms with Gasteiger partial charge in [0.1, 0.15) is 17.1 Å². The number of anilines is 1. The fourth-order valence-electron chi connectivity index (χ4n) is 5.40. The molecule has 7 nitrogen and oxygen atoms in total. The van der Waals surface area contributed by atoms with E-state index in [0.29, 0.717) is 61.6 Å². The molecule has 0 N–H and O–H groups in total. The summed E-state index contributed by atoms with van der Waals surface area (Å²) in [5, 5.41) is 0. The quantitative estimate of drug-likeness (QED) is 0.695. The number of amides is 2. The highest BCUT2D eigenvalue weighted by molar-refractivity contribution is 6.02. The largest absolute Gasteiger partial charge is 0.495 e. The van der Waals surface area contributed by atoms with Crippen LogP contribution in [-0.4, -0.2) is 54.8 Å². The molecule has 1 spiro atoms. The third kappa shape index (κ3) is 3.93. The van der Waals surface area contributed by atoms with Crippen LogP contribution in [0, 0.1) is 19.8 Å². The lowest BCUT2D eigenvalue weighted by molar-refractivity contribution is -0.139. The van der Waals surface area contributed by atoms with E-state index in [9.17, 15) is 14.4 Å². The molecule has 3 aliphatic rings. The fourth-order valence-corrected chi connectivity index (χ4v) is 5.40. The maximum atomic E-state index is 13.3. The molecule has 3 heterocycles. The number of ether oxygens (including phenoxy) is 2. The molecule has 2 saturated heterocycles. The number of hydrogen-bond acceptors (Lipinski definition) is 5. The molecule has 7 heteroatoms. The summed E-state index contributed by atoms with van der Waals surface area (Å²) >= 11 is 0. The zero-order valence-corrected chi connectivity index (χ0v) is 19.9. The number of rotatable bonds is 3. The first-order valence-electron chi connectivity index (χ1n) is 11.9. The van der Waals surface area contributed by atoms with Crippen LogP contribution in [0.2, 0.25) is 0 Å². The van der Waals surface area contributed by atoms with Crippen LogP contribution >= 0.6 is 0 Å². The smallest absolute Gasteiger partial charge is 0.228 e. The highest BCUT2D eigenvalue weighted by atomic mass is 16.5. The lowest BCUT2D eigenvalue weighted by Gasteiger charge is -2.44. The summed E-state index contributed by atoms with van der Waals surface area (Å²) in [4.78, 5) is 42.4. The topological polar surface area (TPSA) is 76.2 Å². The molecular formula is C27H30N2O5. The predicted molar refractivity (Wildman–Crippen MR) is 127 cm³/mol. The number of carbonyl (C=O) groups excluding carboxylic acids is 3. The summed E-state index contributed by atoms with van der Waals surface area (Å²) in [5.41, 5.74) is 2.88. The van der Waals surface area contributed by atoms with E-state index in [4.69, 9.17) is 9.47 Å². The minimum atomic E-state index is -0.553. The number of hydrogen-bond donors (Lipinski definition) is 0. The van der Waals surface area contributed by atoms with Crippen molar-refractivity contribution >= 4 is 23.3 Å². The summed E-state index contributed by atoms with van der Waals surface area (Å²) in [6, 6.07) is 11.4. The summed E-state index contributed by atoms with van der Waals surface area (Å²) < 4.78 is 11.8. The van der Waals surface area contributed by atoms with Gasteiger partial charge in [-0.2, -0.15) is 0 Å². The fraction of sp³-hybridized carbons (Fsp3) is 0.444. The number of benzene rings is 2. The maximum absolute atomic E-state index is 13.3. The van der Waals surface area contributed by atoms with E-state index in [1.54, 1.807) is 12.0 Å². The highest BCUT2D eigenvalue weighted by Gasteiger charge is 2.45. The van der Waals surface area contributed by atoms with Gasteiger partial charge in [-0.1, -0.05) is 17.7 Å². The molecule has 1 atom stereocenters. The van der Waals surface area contributed by atoms with E-state index in [2.05, 4.69) is 0 Å². The van der Waals surface area contributed by atoms with E-state index in [-0.39, 0.29) is 29.9 Å². The molecule has 0 aliphatic carbocycles. The Morgan fingerprint density at radius 3 is 2.50 bits per heavy atom. The Labute approximate surface area is 199 Å². The summed E-state index contributed by atoms with van der Waals surface area (Å²) in [7, 11) is 1.58. The monoisotopic (exact) mass is 462 g/mol. The van der Waals surface area contributed by atoms with Crippen LogP contribution < -0.4 is 14.4 Å². The number of aryl methyl sites for hydroxylation is 2. The van der Waals surface area contributed by atoms with Gasteiger partial charge in [0.15, 0.2) is 5.78 Å². The standard InChI is InChI=1S/C27H30N2O5/c1-17-4-6-23-20(12-17)22(30)15-27(34-23)8-10-28(11-9-27)26(32)19-14-25(31)29(16-19)21-13-18(2)5-7-24(21)33-3/h4-7,12-13,19H,8-11,14-16H2,1-3H3. The third-order valence-electron chi connectivity index (χ3n) is 7.33. The van der Waals surface area contributed by atoms with Gasteiger partial charge in [-0.15, -0.1) is 0 Å². The van der Waals surface area contributed by atoms with Gasteiger partial charge >= 0.3 is 0 Å². The lowest BCUT2D eigenvalue weighted by Crippen LogP contribution is -2.53. The van der Waals surface area contributed by atoms with Crippen molar-refractivity contribution in [3.63, 3.8) is 0 Å². The van der Waals surface area contributed by atoms with Crippen LogP contribution in [0.15, 0.2) is 36.4 Å². The Kier molecular flexibility index (Phi) is 5.58. The zero-order valence-electron chi connectivity index (χ0n) is 19.9. The third-order valence-corrected chi connectivity index (χ3v) is 7.33. The second-order valence-electron chi connectivity index (χ2n) is 9.79. The molecule has 2 fully saturated rings. The van der Waals surface area contributed by atoms with Crippen molar-refractivity contribution in [3.05, 3.63) is 53.1 Å². The zero-order chi connectivity index (χ0) is 24.0. The Morgan fingerprint density at radius 2 is 1.76 bits per heavy atom. The molecule has 2 aromatic rings. The Morgan fingerprint density at radius 1 is 1.06 bits per heavy atom. The minimum absolute atomic E-state index is 0.00418. The molecule has 3 aliphatic heterocycles. The van der Waals surface area contributed by atoms with Crippen LogP contribution in [-0.2, 0) is 9.59 Å². The van der Waals surface area contributed by atoms with Crippen LogP contribution in [0.25, 0.3) is 0 Å². The van der Waals surface area contributed by atoms with Gasteiger partial charge in [-0.3, -0.25) is 14.4 Å². The van der Waals surface area contributed by atoms with Crippen LogP contribution in [0.1, 0.15) is 47.2 Å². The Bertz CT molecular complexity index is 1170. The molecule has 0 saturated carbocycles. The van der Waals surface area contributed by atoms with E-state index >= 15 is 0 Å². The van der Waals surface area contributed by atoms with Crippen molar-refractivity contribution < 1.29 is 23.9 Å². The Hall–Kier alpha value is -3.35. The van der Waals surface area contributed by atoms with E-state index in [0.717, 1.165) is 11.1 Å². The number of piperidine rings is 1. The first-order chi connectivity index (χ1) is 16.3. The summed E-state index contributed by atoms with van der Waals surface area (Å²) in [5.74, 6) is 0.921. The first kappa shape index (κ1) is 22.4. The molecule has 1 unspecified atom stereocenters. The van der Waals surface area contributed by atoms with E-state index in [1.807, 2.05) is 55.1 Å². The Balaban J connectivity index is 1.25. The molecule has 2 amide bonds. The molecule has 0 bridgehead atoms. The van der Waals surface area contributed by atoms with Gasteiger partial charge in [-0.05, 0) is 43.7 Å². The molecule has 0 radical (unpaired) electrons. The van der Waals surface area contributed by atoms with Gasteiger partial charge in [0.2, 0.25) is 11.8 Å². The molecule has 2 aromatic carbocycles. The number of nitrogens with zero attached hydrogens (tertiary/aromatic N) is 2. The van der Waals surface area contributed by atoms with Crippen LogP contribution in [0.4, 0.5) is 5.69 Å². The minimum Gasteiger partial charge on any atom is -0.495 e. The normalized spacial score (nSPS) is 21.4. The van der Waals surface area contributed by atoms with Crippen molar-refractivity contribution in [2.75, 3.05) is 31.6 Å². The second kappa shape index (κ2) is 8.46. The second-order valence-corrected chi connectivity index (χ2v) is 9.79. The van der Waals surface area contributed by atoms with Crippen molar-refractivity contribution in [2.45, 2.75) is 45.1 Å². The highest BCUT2D eigenvalue weighted by Crippen LogP contribution is 2.40. The lowest BCUT2D eigenvalue weighted by atomic mass is 9.82. The van der Waals surface area contributed by atoms with E-state index in [1.165, 1.54) is 0 Å². The van der Waals surface area contributed by atoms with Crippen LogP contribution in [0.3, 0.4) is 0 Å². The first-order valence-corrected chi connectivity index (χ1v) is 11.9. The number of methoxy groups -OCH3 is 1. The predicted octanol–water partition coefficient (Wildman–Crippen LogP) is 3.69. The molecular weight excluding hydrogens is 432 g/mol. The average Bonchev–Trinajstić information content (AvgIpc) is 3.21. The molecule has 34 heavy (non-hydrogen) atoms. The number of Topliss-reactive ketones (excluding diaryl/α,β-unsaturated/α-hetero) is 1. The SMILES string of the molecule is COc1ccc(C)cc1N1CC(C(=O)N2CCC3(CC2)CC(=O)c2cc(C)ccc2O3)CC1=O. The average molecular weight is 463 g/mol. The maximum Gasteiger partial charge on any atom is 0.228 e. The number of fused-ring (bicyclic) bond motifs is 1. The van der Waals surface area contributed by atoms with Gasteiger partial charge in [0.05, 0.1) is 30.7 Å². The molecule has 178 valence electrons. The number of carbonyl (C=O) groups is 3. The van der Waals surface area contributed by atoms with Crippen LogP contribution in [0.5, 0.6) is 11.5 Å². The molecule has 5 rings (SSSR count). The van der Waals surface area contributed by atoms with Crippen molar-refractivity contribution in [2.24, 2.45) is 5.92 Å². The van der Waals surface area contributed by atoms with Crippen molar-refractivity contribution in [3.8, 4) is 11.5 Å². The van der Waals surface area contributed by atoms with Crippen molar-refractivity contribution in [1.29, 1.82) is 0 Å². The summed E-state index contributed by atoms with van der Waals surface area (Å²) in [6.07, 6.45) is 1.75. The molecule has 0 aromatic heterocycles. The van der Waals surface area contributed by atoms with Gasteiger partial charge < -0.3 is 19.3 Å². The van der Waals surface area contributed by atoms with Crippen molar-refractivity contribution in [1.82, 2.24) is 4.90 Å². The van der Waals surface area contributed by atoms with Gasteiger partial charge in [0, 0.05) is 38.9 Å². The summed E-state index contributed by atoms with van der Waals surface area (Å²) in [6.45, 7) is 5.32. The number of likely N-dealkylation sites (tertiary alicyclic amines) is 1. The van der Waals surface area contributed by atoms with E-state index < -0.39 is 5.60 Å². The number of ketones is 1.